The average molecular weight is 157 g/mol. The second kappa shape index (κ2) is 3.22. The summed E-state index contributed by atoms with van der Waals surface area (Å²) in [6, 6.07) is 0.270. The van der Waals surface area contributed by atoms with Gasteiger partial charge < -0.3 is 9.64 Å². The van der Waals surface area contributed by atoms with Crippen molar-refractivity contribution in [1.29, 1.82) is 0 Å². The maximum Gasteiger partial charge on any atom is 0.251 e. The van der Waals surface area contributed by atoms with Gasteiger partial charge in [-0.2, -0.15) is 0 Å². The maximum absolute atomic E-state index is 11.4. The number of hydrogen-bond acceptors (Lipinski definition) is 2. The molecule has 1 rings (SSSR count). The maximum atomic E-state index is 11.4. The minimum Gasteiger partial charge on any atom is -0.368 e. The van der Waals surface area contributed by atoms with Gasteiger partial charge in [0.2, 0.25) is 0 Å². The van der Waals surface area contributed by atoms with Gasteiger partial charge in [-0.1, -0.05) is 0 Å². The molecule has 0 saturated carbocycles. The molecule has 0 radical (unpaired) electrons. The molecule has 1 aliphatic heterocycles. The van der Waals surface area contributed by atoms with E-state index in [2.05, 4.69) is 0 Å². The van der Waals surface area contributed by atoms with E-state index in [0.29, 0.717) is 0 Å². The van der Waals surface area contributed by atoms with Gasteiger partial charge >= 0.3 is 0 Å². The van der Waals surface area contributed by atoms with Crippen LogP contribution in [0.5, 0.6) is 0 Å². The standard InChI is InChI=1S/C8H15NO2/c1-6(2)9(3)8(10)7-4-5-11-7/h6-7H,4-5H2,1-3H3. The van der Waals surface area contributed by atoms with E-state index in [1.807, 2.05) is 20.9 Å². The first-order valence-corrected chi connectivity index (χ1v) is 4.01. The monoisotopic (exact) mass is 157 g/mol. The Morgan fingerprint density at radius 2 is 2.18 bits per heavy atom. The van der Waals surface area contributed by atoms with Crippen molar-refractivity contribution in [3.8, 4) is 0 Å². The third-order valence-corrected chi connectivity index (χ3v) is 2.10. The molecule has 0 aromatic rings. The molecular formula is C8H15NO2. The van der Waals surface area contributed by atoms with Crippen LogP contribution in [0.3, 0.4) is 0 Å². The molecule has 1 aliphatic rings. The zero-order valence-corrected chi connectivity index (χ0v) is 7.33. The van der Waals surface area contributed by atoms with Gasteiger partial charge in [-0.15, -0.1) is 0 Å². The Morgan fingerprint density at radius 3 is 2.45 bits per heavy atom. The van der Waals surface area contributed by atoms with E-state index in [0.717, 1.165) is 13.0 Å². The number of hydrogen-bond donors (Lipinski definition) is 0. The summed E-state index contributed by atoms with van der Waals surface area (Å²) < 4.78 is 5.07. The van der Waals surface area contributed by atoms with Gasteiger partial charge in [0.15, 0.2) is 0 Å². The van der Waals surface area contributed by atoms with Gasteiger partial charge in [-0.25, -0.2) is 0 Å². The largest absolute Gasteiger partial charge is 0.368 e. The Bertz CT molecular complexity index is 152. The van der Waals surface area contributed by atoms with Crippen LogP contribution in [0, 0.1) is 0 Å². The summed E-state index contributed by atoms with van der Waals surface area (Å²) >= 11 is 0. The minimum absolute atomic E-state index is 0.117. The molecule has 1 heterocycles. The molecular weight excluding hydrogens is 142 g/mol. The van der Waals surface area contributed by atoms with Crippen molar-refractivity contribution in [1.82, 2.24) is 4.90 Å². The molecule has 1 atom stereocenters. The first kappa shape index (κ1) is 8.53. The summed E-state index contributed by atoms with van der Waals surface area (Å²) in [5, 5.41) is 0. The van der Waals surface area contributed by atoms with E-state index < -0.39 is 0 Å². The minimum atomic E-state index is -0.151. The topological polar surface area (TPSA) is 29.5 Å². The van der Waals surface area contributed by atoms with E-state index >= 15 is 0 Å². The van der Waals surface area contributed by atoms with Crippen molar-refractivity contribution in [2.45, 2.75) is 32.4 Å². The number of carbonyl (C=O) groups is 1. The molecule has 0 aromatic heterocycles. The van der Waals surface area contributed by atoms with E-state index in [9.17, 15) is 4.79 Å². The van der Waals surface area contributed by atoms with Crippen molar-refractivity contribution in [3.63, 3.8) is 0 Å². The Morgan fingerprint density at radius 1 is 1.64 bits per heavy atom. The summed E-state index contributed by atoms with van der Waals surface area (Å²) in [7, 11) is 1.81. The van der Waals surface area contributed by atoms with Gasteiger partial charge in [0.25, 0.3) is 5.91 Å². The van der Waals surface area contributed by atoms with Gasteiger partial charge in [-0.3, -0.25) is 4.79 Å². The zero-order chi connectivity index (χ0) is 8.43. The fraction of sp³-hybridized carbons (Fsp3) is 0.875. The highest BCUT2D eigenvalue weighted by molar-refractivity contribution is 5.81. The molecule has 0 N–H and O–H groups in total. The van der Waals surface area contributed by atoms with Crippen molar-refractivity contribution in [2.24, 2.45) is 0 Å². The van der Waals surface area contributed by atoms with Gasteiger partial charge in [0.1, 0.15) is 6.10 Å². The van der Waals surface area contributed by atoms with Gasteiger partial charge in [0, 0.05) is 19.5 Å². The van der Waals surface area contributed by atoms with Crippen molar-refractivity contribution in [2.75, 3.05) is 13.7 Å². The number of amides is 1. The van der Waals surface area contributed by atoms with Crippen molar-refractivity contribution >= 4 is 5.91 Å². The lowest BCUT2D eigenvalue weighted by Gasteiger charge is -2.31. The molecule has 64 valence electrons. The Kier molecular flexibility index (Phi) is 2.49. The summed E-state index contributed by atoms with van der Waals surface area (Å²) in [6.45, 7) is 4.73. The normalized spacial score (nSPS) is 23.1. The highest BCUT2D eigenvalue weighted by Gasteiger charge is 2.29. The first-order chi connectivity index (χ1) is 5.13. The van der Waals surface area contributed by atoms with E-state index in [-0.39, 0.29) is 18.1 Å². The molecule has 3 heteroatoms. The first-order valence-electron chi connectivity index (χ1n) is 4.01. The van der Waals surface area contributed by atoms with Crippen LogP contribution in [-0.4, -0.2) is 36.6 Å². The van der Waals surface area contributed by atoms with Crippen LogP contribution in [0.2, 0.25) is 0 Å². The highest BCUT2D eigenvalue weighted by atomic mass is 16.5. The van der Waals surface area contributed by atoms with Crippen LogP contribution in [-0.2, 0) is 9.53 Å². The summed E-state index contributed by atoms with van der Waals surface area (Å²) in [5.41, 5.74) is 0. The van der Waals surface area contributed by atoms with Crippen LogP contribution < -0.4 is 0 Å². The second-order valence-corrected chi connectivity index (χ2v) is 3.19. The zero-order valence-electron chi connectivity index (χ0n) is 7.33. The van der Waals surface area contributed by atoms with Crippen LogP contribution in [0.15, 0.2) is 0 Å². The van der Waals surface area contributed by atoms with E-state index in [1.165, 1.54) is 0 Å². The summed E-state index contributed by atoms with van der Waals surface area (Å²) in [4.78, 5) is 13.1. The number of ether oxygens (including phenoxy) is 1. The Hall–Kier alpha value is -0.570. The highest BCUT2D eigenvalue weighted by Crippen LogP contribution is 2.14. The molecule has 11 heavy (non-hydrogen) atoms. The van der Waals surface area contributed by atoms with E-state index in [4.69, 9.17) is 4.74 Å². The van der Waals surface area contributed by atoms with Crippen molar-refractivity contribution < 1.29 is 9.53 Å². The fourth-order valence-electron chi connectivity index (χ4n) is 0.912. The molecule has 0 bridgehead atoms. The predicted octanol–water partition coefficient (Wildman–Crippen LogP) is 0.642. The lowest BCUT2D eigenvalue weighted by Crippen LogP contribution is -2.46. The summed E-state index contributed by atoms with van der Waals surface area (Å²) in [6.07, 6.45) is 0.734. The van der Waals surface area contributed by atoms with Gasteiger partial charge in [0.05, 0.1) is 6.61 Å². The third kappa shape index (κ3) is 1.71. The summed E-state index contributed by atoms with van der Waals surface area (Å²) in [5.74, 6) is 0.117. The number of likely N-dealkylation sites (N-methyl/N-ethyl adjacent to an activating group) is 1. The molecule has 1 unspecified atom stereocenters. The number of rotatable bonds is 2. The van der Waals surface area contributed by atoms with E-state index in [1.54, 1.807) is 4.90 Å². The van der Waals surface area contributed by atoms with Crippen LogP contribution >= 0.6 is 0 Å². The average Bonchev–Trinajstić information content (AvgIpc) is 1.82. The molecule has 1 amide bonds. The fourth-order valence-corrected chi connectivity index (χ4v) is 0.912. The molecule has 1 fully saturated rings. The molecule has 3 nitrogen and oxygen atoms in total. The van der Waals surface area contributed by atoms with Gasteiger partial charge in [-0.05, 0) is 13.8 Å². The van der Waals surface area contributed by atoms with Crippen LogP contribution in [0.1, 0.15) is 20.3 Å². The number of carbonyl (C=O) groups excluding carboxylic acids is 1. The number of nitrogens with zero attached hydrogens (tertiary/aromatic N) is 1. The molecule has 0 spiro atoms. The van der Waals surface area contributed by atoms with Crippen molar-refractivity contribution in [3.05, 3.63) is 0 Å². The SMILES string of the molecule is CC(C)N(C)C(=O)C1CCO1. The lowest BCUT2D eigenvalue weighted by atomic mass is 10.1. The lowest BCUT2D eigenvalue weighted by molar-refractivity contribution is -0.156. The van der Waals surface area contributed by atoms with Crippen LogP contribution in [0.4, 0.5) is 0 Å². The predicted molar refractivity (Wildman–Crippen MR) is 42.3 cm³/mol. The smallest absolute Gasteiger partial charge is 0.251 e. The quantitative estimate of drug-likeness (QED) is 0.588. The van der Waals surface area contributed by atoms with Crippen LogP contribution in [0.25, 0.3) is 0 Å². The Balaban J connectivity index is 2.39. The Labute approximate surface area is 67.3 Å². The molecule has 1 saturated heterocycles. The molecule has 0 aliphatic carbocycles. The molecule has 0 aromatic carbocycles. The second-order valence-electron chi connectivity index (χ2n) is 3.19. The third-order valence-electron chi connectivity index (χ3n) is 2.10.